The number of carbonyl (C=O) groups excluding carboxylic acids is 1. The Morgan fingerprint density at radius 3 is 2.00 bits per heavy atom. The van der Waals surface area contributed by atoms with Gasteiger partial charge in [0.15, 0.2) is 14.9 Å². The number of hydrogen-bond acceptors (Lipinski definition) is 1. The average molecular weight is 163 g/mol. The van der Waals surface area contributed by atoms with Gasteiger partial charge in [-0.2, -0.15) is 0 Å². The van der Waals surface area contributed by atoms with Gasteiger partial charge in [-0.3, -0.25) is 4.79 Å². The van der Waals surface area contributed by atoms with Crippen molar-refractivity contribution in [1.29, 1.82) is 0 Å². The quantitative estimate of drug-likeness (QED) is 0.561. The van der Waals surface area contributed by atoms with Gasteiger partial charge in [-0.1, -0.05) is 19.6 Å². The summed E-state index contributed by atoms with van der Waals surface area (Å²) in [6, 6.07) is 0. The van der Waals surface area contributed by atoms with Crippen LogP contribution in [0, 0.1) is 0 Å². The van der Waals surface area contributed by atoms with Crippen LogP contribution in [0.25, 0.3) is 0 Å². The van der Waals surface area contributed by atoms with Crippen LogP contribution >= 0.6 is 0 Å². The van der Waals surface area contributed by atoms with Crippen molar-refractivity contribution in [2.45, 2.75) is 19.6 Å². The third kappa shape index (κ3) is 2.47. The highest BCUT2D eigenvalue weighted by molar-refractivity contribution is 6.75. The molecule has 0 heterocycles. The van der Waals surface area contributed by atoms with E-state index >= 15 is 0 Å². The average Bonchev–Trinajstić information content (AvgIpc) is 1.83. The summed E-state index contributed by atoms with van der Waals surface area (Å²) >= 11 is 0. The zero-order valence-corrected chi connectivity index (χ0v) is 7.94. The fourth-order valence-corrected chi connectivity index (χ4v) is 1.27. The zero-order valence-electron chi connectivity index (χ0n) is 6.94. The summed E-state index contributed by atoms with van der Waals surface area (Å²) in [7, 11) is 0.0600. The molecule has 0 aliphatic carbocycles. The van der Waals surface area contributed by atoms with Gasteiger partial charge in [-0.25, -0.2) is 4.39 Å². The van der Waals surface area contributed by atoms with Crippen molar-refractivity contribution in [3.05, 3.63) is 0 Å². The predicted octanol–water partition coefficient (Wildman–Crippen LogP) is 1.25. The van der Waals surface area contributed by atoms with E-state index in [1.54, 1.807) is 7.05 Å². The summed E-state index contributed by atoms with van der Waals surface area (Å²) in [6.45, 7) is 5.13. The summed E-state index contributed by atoms with van der Waals surface area (Å²) in [5, 5.41) is 0. The van der Waals surface area contributed by atoms with E-state index in [9.17, 15) is 9.18 Å². The smallest absolute Gasteiger partial charge is 0.245 e. The molecule has 0 rings (SSSR count). The van der Waals surface area contributed by atoms with Gasteiger partial charge in [0.2, 0.25) is 5.91 Å². The number of nitrogens with zero attached hydrogens (tertiary/aromatic N) is 1. The lowest BCUT2D eigenvalue weighted by Gasteiger charge is -2.28. The molecule has 0 saturated carbocycles. The van der Waals surface area contributed by atoms with Crippen molar-refractivity contribution in [2.24, 2.45) is 0 Å². The molecular weight excluding hydrogens is 149 g/mol. The number of rotatable bonds is 2. The van der Waals surface area contributed by atoms with Crippen LogP contribution in [0.3, 0.4) is 0 Å². The van der Waals surface area contributed by atoms with Crippen LogP contribution in [0.1, 0.15) is 0 Å². The molecule has 0 spiro atoms. The minimum Gasteiger partial charge on any atom is -0.370 e. The maximum atomic E-state index is 11.8. The molecule has 60 valence electrons. The Kier molecular flexibility index (Phi) is 3.02. The van der Waals surface area contributed by atoms with Gasteiger partial charge in [0, 0.05) is 7.05 Å². The van der Waals surface area contributed by atoms with Gasteiger partial charge in [-0.15, -0.1) is 0 Å². The van der Waals surface area contributed by atoms with Gasteiger partial charge in [0.1, 0.15) is 0 Å². The number of alkyl halides is 1. The van der Waals surface area contributed by atoms with Crippen molar-refractivity contribution in [3.8, 4) is 0 Å². The molecule has 0 unspecified atom stereocenters. The first-order chi connectivity index (χ1) is 4.39. The molecule has 0 radical (unpaired) electrons. The molecule has 0 atom stereocenters. The van der Waals surface area contributed by atoms with Gasteiger partial charge >= 0.3 is 0 Å². The van der Waals surface area contributed by atoms with E-state index in [0.717, 1.165) is 0 Å². The summed E-state index contributed by atoms with van der Waals surface area (Å²) < 4.78 is 13.3. The summed E-state index contributed by atoms with van der Waals surface area (Å²) in [4.78, 5) is 10.7. The lowest BCUT2D eigenvalue weighted by molar-refractivity contribution is -0.127. The molecule has 1 amide bonds. The highest BCUT2D eigenvalue weighted by atomic mass is 28.3. The number of halogens is 1. The highest BCUT2D eigenvalue weighted by Gasteiger charge is 2.24. The summed E-state index contributed by atoms with van der Waals surface area (Å²) in [5.41, 5.74) is 0. The topological polar surface area (TPSA) is 20.3 Å². The third-order valence-electron chi connectivity index (χ3n) is 1.49. The normalized spacial score (nSPS) is 11.3. The van der Waals surface area contributed by atoms with Gasteiger partial charge in [0.25, 0.3) is 0 Å². The Balaban J connectivity index is 4.08. The molecule has 0 aromatic rings. The monoisotopic (exact) mass is 163 g/mol. The second kappa shape index (κ2) is 3.14. The summed E-state index contributed by atoms with van der Waals surface area (Å²) in [6.07, 6.45) is 0. The van der Waals surface area contributed by atoms with E-state index in [2.05, 4.69) is 0 Å². The van der Waals surface area contributed by atoms with E-state index in [4.69, 9.17) is 0 Å². The number of hydrogen-bond donors (Lipinski definition) is 0. The first-order valence-corrected chi connectivity index (χ1v) is 6.67. The van der Waals surface area contributed by atoms with E-state index in [1.165, 1.54) is 4.57 Å². The Morgan fingerprint density at radius 1 is 1.50 bits per heavy atom. The molecule has 0 saturated heterocycles. The molecule has 0 fully saturated rings. The van der Waals surface area contributed by atoms with Gasteiger partial charge < -0.3 is 4.57 Å². The standard InChI is InChI=1S/C6H14FNOSi/c1-8(6(9)5-7)10(2,3)4/h5H2,1-4H3. The maximum absolute atomic E-state index is 11.8. The van der Waals surface area contributed by atoms with Crippen LogP contribution in [-0.2, 0) is 4.79 Å². The van der Waals surface area contributed by atoms with Gasteiger partial charge in [-0.05, 0) is 0 Å². The van der Waals surface area contributed by atoms with Crippen LogP contribution in [0.15, 0.2) is 0 Å². The van der Waals surface area contributed by atoms with E-state index in [0.29, 0.717) is 0 Å². The number of carbonyl (C=O) groups is 1. The maximum Gasteiger partial charge on any atom is 0.245 e. The highest BCUT2D eigenvalue weighted by Crippen LogP contribution is 2.06. The van der Waals surface area contributed by atoms with Crippen LogP contribution < -0.4 is 0 Å². The Morgan fingerprint density at radius 2 is 1.90 bits per heavy atom. The third-order valence-corrected chi connectivity index (χ3v) is 3.76. The molecule has 10 heavy (non-hydrogen) atoms. The first kappa shape index (κ1) is 9.62. The second-order valence-corrected chi connectivity index (χ2v) is 8.27. The molecule has 0 aliphatic rings. The van der Waals surface area contributed by atoms with E-state index < -0.39 is 20.8 Å². The molecule has 2 nitrogen and oxygen atoms in total. The van der Waals surface area contributed by atoms with Crippen molar-refractivity contribution in [1.82, 2.24) is 4.57 Å². The van der Waals surface area contributed by atoms with Crippen molar-refractivity contribution in [2.75, 3.05) is 13.7 Å². The Bertz CT molecular complexity index is 132. The predicted molar refractivity (Wildman–Crippen MR) is 42.1 cm³/mol. The fourth-order valence-electron chi connectivity index (χ4n) is 0.464. The van der Waals surface area contributed by atoms with E-state index in [1.807, 2.05) is 19.6 Å². The van der Waals surface area contributed by atoms with Crippen LogP contribution in [-0.4, -0.2) is 32.4 Å². The SMILES string of the molecule is CN(C(=O)CF)[Si](C)(C)C. The Hall–Kier alpha value is -0.383. The van der Waals surface area contributed by atoms with Crippen molar-refractivity contribution < 1.29 is 9.18 Å². The van der Waals surface area contributed by atoms with Crippen molar-refractivity contribution in [3.63, 3.8) is 0 Å². The molecule has 0 aromatic heterocycles. The summed E-state index contributed by atoms with van der Waals surface area (Å²) in [5.74, 6) is -0.404. The molecule has 0 N–H and O–H groups in total. The minimum absolute atomic E-state index is 0.404. The zero-order chi connectivity index (χ0) is 8.36. The fraction of sp³-hybridized carbons (Fsp3) is 0.833. The lowest BCUT2D eigenvalue weighted by atomic mass is 10.7. The largest absolute Gasteiger partial charge is 0.370 e. The molecular formula is C6H14FNOSi. The molecule has 4 heteroatoms. The number of amides is 1. The molecule has 0 bridgehead atoms. The van der Waals surface area contributed by atoms with Gasteiger partial charge in [0.05, 0.1) is 0 Å². The second-order valence-electron chi connectivity index (χ2n) is 3.26. The lowest BCUT2D eigenvalue weighted by Crippen LogP contribution is -2.47. The molecule has 0 aliphatic heterocycles. The Labute approximate surface area is 62.1 Å². The first-order valence-electron chi connectivity index (χ1n) is 3.22. The van der Waals surface area contributed by atoms with Crippen LogP contribution in [0.2, 0.25) is 19.6 Å². The van der Waals surface area contributed by atoms with E-state index in [-0.39, 0.29) is 0 Å². The molecule has 0 aromatic carbocycles. The minimum atomic E-state index is -1.60. The van der Waals surface area contributed by atoms with Crippen molar-refractivity contribution >= 4 is 14.1 Å². The van der Waals surface area contributed by atoms with Crippen LogP contribution in [0.5, 0.6) is 0 Å². The van der Waals surface area contributed by atoms with Crippen LogP contribution in [0.4, 0.5) is 4.39 Å².